The number of hydrogen-bond donors (Lipinski definition) is 0. The van der Waals surface area contributed by atoms with Crippen LogP contribution >= 0.6 is 11.6 Å². The van der Waals surface area contributed by atoms with E-state index in [-0.39, 0.29) is 17.0 Å². The Morgan fingerprint density at radius 2 is 1.70 bits per heavy atom. The molecule has 2 aromatic heterocycles. The highest BCUT2D eigenvalue weighted by molar-refractivity contribution is 6.30. The van der Waals surface area contributed by atoms with Gasteiger partial charge in [0, 0.05) is 29.7 Å². The van der Waals surface area contributed by atoms with Crippen molar-refractivity contribution in [2.45, 2.75) is 34.2 Å². The highest BCUT2D eigenvalue weighted by Gasteiger charge is 2.23. The molecule has 0 radical (unpaired) electrons. The van der Waals surface area contributed by atoms with Crippen molar-refractivity contribution in [1.29, 1.82) is 0 Å². The second kappa shape index (κ2) is 9.43. The first kappa shape index (κ1) is 22.0. The summed E-state index contributed by atoms with van der Waals surface area (Å²) in [6.07, 6.45) is 1.66. The molecule has 6 heteroatoms. The van der Waals surface area contributed by atoms with Gasteiger partial charge in [-0.15, -0.1) is 0 Å². The zero-order valence-corrected chi connectivity index (χ0v) is 18.7. The molecule has 1 amide bonds. The molecule has 3 aromatic rings. The van der Waals surface area contributed by atoms with Crippen LogP contribution in [0.3, 0.4) is 0 Å². The van der Waals surface area contributed by atoms with Crippen LogP contribution in [0, 0.1) is 11.8 Å². The Hall–Kier alpha value is -2.66. The van der Waals surface area contributed by atoms with E-state index in [0.717, 1.165) is 10.9 Å². The first-order valence-electron chi connectivity index (χ1n) is 10.3. The highest BCUT2D eigenvalue weighted by Crippen LogP contribution is 2.16. The Labute approximate surface area is 182 Å². The number of aromatic nitrogens is 2. The Morgan fingerprint density at radius 3 is 2.30 bits per heavy atom. The molecule has 0 unspecified atom stereocenters. The molecule has 0 saturated heterocycles. The molecule has 0 aliphatic heterocycles. The van der Waals surface area contributed by atoms with Gasteiger partial charge in [0.25, 0.3) is 11.5 Å². The van der Waals surface area contributed by atoms with E-state index in [9.17, 15) is 9.59 Å². The fourth-order valence-corrected chi connectivity index (χ4v) is 3.70. The molecule has 0 N–H and O–H groups in total. The third-order valence-corrected chi connectivity index (χ3v) is 5.04. The van der Waals surface area contributed by atoms with E-state index in [1.54, 1.807) is 33.9 Å². The molecule has 1 aromatic carbocycles. The number of halogens is 1. The molecule has 0 atom stereocenters. The summed E-state index contributed by atoms with van der Waals surface area (Å²) in [6, 6.07) is 12.7. The minimum Gasteiger partial charge on any atom is -0.338 e. The summed E-state index contributed by atoms with van der Waals surface area (Å²) in [7, 11) is 0. The Balaban J connectivity index is 2.11. The topological polar surface area (TPSA) is 55.2 Å². The number of pyridine rings is 2. The van der Waals surface area contributed by atoms with E-state index in [0.29, 0.717) is 42.1 Å². The Morgan fingerprint density at radius 1 is 1.07 bits per heavy atom. The first-order chi connectivity index (χ1) is 14.3. The van der Waals surface area contributed by atoms with Gasteiger partial charge in [-0.05, 0) is 47.7 Å². The summed E-state index contributed by atoms with van der Waals surface area (Å²) in [4.78, 5) is 33.0. The molecule has 0 aliphatic rings. The number of carbonyl (C=O) groups excluding carboxylic acids is 1. The number of fused-ring (bicyclic) bond motifs is 1. The van der Waals surface area contributed by atoms with Gasteiger partial charge >= 0.3 is 0 Å². The molecular formula is C24H28ClN3O2. The Bertz CT molecular complexity index is 1080. The van der Waals surface area contributed by atoms with Gasteiger partial charge in [0.15, 0.2) is 0 Å². The molecule has 3 rings (SSSR count). The van der Waals surface area contributed by atoms with Crippen LogP contribution < -0.4 is 5.56 Å². The van der Waals surface area contributed by atoms with E-state index in [1.807, 2.05) is 24.3 Å². The van der Waals surface area contributed by atoms with Crippen LogP contribution in [0.25, 0.3) is 11.0 Å². The number of benzene rings is 1. The third kappa shape index (κ3) is 5.08. The lowest BCUT2D eigenvalue weighted by molar-refractivity contribution is 0.0713. The number of nitrogens with zero attached hydrogens (tertiary/aromatic N) is 3. The molecule has 2 heterocycles. The minimum atomic E-state index is -0.321. The molecule has 0 saturated carbocycles. The van der Waals surface area contributed by atoms with Crippen molar-refractivity contribution in [3.63, 3.8) is 0 Å². The Kier molecular flexibility index (Phi) is 6.93. The predicted octanol–water partition coefficient (Wildman–Crippen LogP) is 4.85. The third-order valence-electron chi connectivity index (χ3n) is 4.79. The molecule has 30 heavy (non-hydrogen) atoms. The maximum atomic E-state index is 13.4. The van der Waals surface area contributed by atoms with E-state index in [1.165, 1.54) is 0 Å². The largest absolute Gasteiger partial charge is 0.338 e. The van der Waals surface area contributed by atoms with Crippen LogP contribution in [0.2, 0.25) is 5.02 Å². The smallest absolute Gasteiger partial charge is 0.265 e. The summed E-state index contributed by atoms with van der Waals surface area (Å²) in [6.45, 7) is 9.83. The lowest BCUT2D eigenvalue weighted by Gasteiger charge is -2.26. The van der Waals surface area contributed by atoms with Crippen LogP contribution in [-0.2, 0) is 6.54 Å². The van der Waals surface area contributed by atoms with Gasteiger partial charge in [-0.25, -0.2) is 4.98 Å². The fraction of sp³-hybridized carbons (Fsp3) is 0.375. The van der Waals surface area contributed by atoms with Crippen molar-refractivity contribution in [1.82, 2.24) is 14.5 Å². The van der Waals surface area contributed by atoms with Gasteiger partial charge in [-0.2, -0.15) is 0 Å². The lowest BCUT2D eigenvalue weighted by atomic mass is 10.1. The molecule has 0 bridgehead atoms. The van der Waals surface area contributed by atoms with E-state index in [2.05, 4.69) is 32.7 Å². The lowest BCUT2D eigenvalue weighted by Crippen LogP contribution is -2.40. The van der Waals surface area contributed by atoms with Gasteiger partial charge < -0.3 is 4.90 Å². The average Bonchev–Trinajstić information content (AvgIpc) is 2.69. The molecule has 0 spiro atoms. The molecule has 0 fully saturated rings. The van der Waals surface area contributed by atoms with E-state index < -0.39 is 0 Å². The van der Waals surface area contributed by atoms with E-state index in [4.69, 9.17) is 11.6 Å². The van der Waals surface area contributed by atoms with Crippen molar-refractivity contribution in [2.75, 3.05) is 13.1 Å². The van der Waals surface area contributed by atoms with Crippen LogP contribution in [-0.4, -0.2) is 33.4 Å². The molecule has 158 valence electrons. The quantitative estimate of drug-likeness (QED) is 0.543. The highest BCUT2D eigenvalue weighted by atomic mass is 35.5. The van der Waals surface area contributed by atoms with Crippen molar-refractivity contribution in [3.8, 4) is 0 Å². The van der Waals surface area contributed by atoms with Gasteiger partial charge in [-0.1, -0.05) is 51.4 Å². The summed E-state index contributed by atoms with van der Waals surface area (Å²) in [5, 5.41) is 1.40. The van der Waals surface area contributed by atoms with Gasteiger partial charge in [0.1, 0.15) is 11.2 Å². The normalized spacial score (nSPS) is 11.4. The number of amides is 1. The van der Waals surface area contributed by atoms with Crippen molar-refractivity contribution in [3.05, 3.63) is 75.2 Å². The summed E-state index contributed by atoms with van der Waals surface area (Å²) in [5.74, 6) is 0.398. The maximum absolute atomic E-state index is 13.4. The molecule has 5 nitrogen and oxygen atoms in total. The zero-order chi connectivity index (χ0) is 21.8. The second-order valence-electron chi connectivity index (χ2n) is 8.49. The van der Waals surface area contributed by atoms with Crippen molar-refractivity contribution >= 4 is 28.5 Å². The van der Waals surface area contributed by atoms with E-state index >= 15 is 0 Å². The predicted molar refractivity (Wildman–Crippen MR) is 122 cm³/mol. The monoisotopic (exact) mass is 425 g/mol. The summed E-state index contributed by atoms with van der Waals surface area (Å²) in [5.41, 5.74) is 1.34. The van der Waals surface area contributed by atoms with Crippen LogP contribution in [0.5, 0.6) is 0 Å². The minimum absolute atomic E-state index is 0.186. The number of hydrogen-bond acceptors (Lipinski definition) is 3. The number of rotatable bonds is 7. The van der Waals surface area contributed by atoms with Crippen LogP contribution in [0.15, 0.2) is 53.5 Å². The SMILES string of the molecule is CC(C)CN(CC(C)C)C(=O)c1cc2cccnc2n(Cc2ccc(Cl)cc2)c1=O. The van der Waals surface area contributed by atoms with Gasteiger partial charge in [0.05, 0.1) is 6.54 Å². The molecular weight excluding hydrogens is 398 g/mol. The van der Waals surface area contributed by atoms with Gasteiger partial charge in [-0.3, -0.25) is 14.2 Å². The fourth-order valence-electron chi connectivity index (χ4n) is 3.57. The maximum Gasteiger partial charge on any atom is 0.265 e. The molecule has 0 aliphatic carbocycles. The van der Waals surface area contributed by atoms with Crippen molar-refractivity contribution in [2.24, 2.45) is 11.8 Å². The second-order valence-corrected chi connectivity index (χ2v) is 8.93. The van der Waals surface area contributed by atoms with Crippen LogP contribution in [0.1, 0.15) is 43.6 Å². The number of carbonyl (C=O) groups is 1. The van der Waals surface area contributed by atoms with Crippen LogP contribution in [0.4, 0.5) is 0 Å². The summed E-state index contributed by atoms with van der Waals surface area (Å²) < 4.78 is 1.58. The van der Waals surface area contributed by atoms with Gasteiger partial charge in [0.2, 0.25) is 0 Å². The standard InChI is InChI=1S/C24H28ClN3O2/c1-16(2)13-27(14-17(3)4)23(29)21-12-19-6-5-11-26-22(19)28(24(21)30)15-18-7-9-20(25)10-8-18/h5-12,16-17H,13-15H2,1-4H3. The summed E-state index contributed by atoms with van der Waals surface area (Å²) >= 11 is 5.99. The zero-order valence-electron chi connectivity index (χ0n) is 17.9. The first-order valence-corrected chi connectivity index (χ1v) is 10.7. The average molecular weight is 426 g/mol. The van der Waals surface area contributed by atoms with Crippen molar-refractivity contribution < 1.29 is 4.79 Å².